The number of rotatable bonds is 5. The Kier molecular flexibility index (Phi) is 6.13. The molecule has 2 unspecified atom stereocenters. The highest BCUT2D eigenvalue weighted by Gasteiger charge is 2.44. The molecule has 2 atom stereocenters. The minimum atomic E-state index is -0.400. The minimum Gasteiger partial charge on any atom is -0.497 e. The van der Waals surface area contributed by atoms with E-state index in [1.807, 2.05) is 18.7 Å². The van der Waals surface area contributed by atoms with Gasteiger partial charge in [-0.05, 0) is 49.7 Å². The molecular formula is C24H25ClN2O5. The van der Waals surface area contributed by atoms with Gasteiger partial charge in [-0.1, -0.05) is 23.7 Å². The molecule has 32 heavy (non-hydrogen) atoms. The lowest BCUT2D eigenvalue weighted by molar-refractivity contribution is -0.121. The minimum absolute atomic E-state index is 0.0734. The summed E-state index contributed by atoms with van der Waals surface area (Å²) >= 11 is 6.28. The predicted octanol–water partition coefficient (Wildman–Crippen LogP) is 3.75. The Morgan fingerprint density at radius 1 is 0.938 bits per heavy atom. The monoisotopic (exact) mass is 456 g/mol. The average molecular weight is 457 g/mol. The molecule has 1 fully saturated rings. The molecule has 0 aromatic heterocycles. The van der Waals surface area contributed by atoms with Crippen molar-refractivity contribution in [3.8, 4) is 11.5 Å². The van der Waals surface area contributed by atoms with Gasteiger partial charge in [-0.2, -0.15) is 0 Å². The standard InChI is InChI=1S/C24H25ClN2O5/c1-14-12-26(13-15(2)32-14)22-21(16-5-8-18(30-3)9-6-16)23(28)27(24(22)29)17-7-10-20(31-4)19(25)11-17/h5-11,14-15H,12-13H2,1-4H3. The van der Waals surface area contributed by atoms with Gasteiger partial charge in [0.1, 0.15) is 17.2 Å². The number of hydrogen-bond donors (Lipinski definition) is 0. The van der Waals surface area contributed by atoms with E-state index in [0.29, 0.717) is 52.1 Å². The maximum Gasteiger partial charge on any atom is 0.282 e. The number of ether oxygens (including phenoxy) is 3. The topological polar surface area (TPSA) is 68.3 Å². The number of nitrogens with zero attached hydrogens (tertiary/aromatic N) is 2. The summed E-state index contributed by atoms with van der Waals surface area (Å²) in [5.74, 6) is 0.348. The summed E-state index contributed by atoms with van der Waals surface area (Å²) in [5, 5.41) is 0.318. The van der Waals surface area contributed by atoms with Crippen molar-refractivity contribution in [3.05, 3.63) is 58.7 Å². The zero-order chi connectivity index (χ0) is 23.0. The maximum absolute atomic E-state index is 13.7. The van der Waals surface area contributed by atoms with Crippen molar-refractivity contribution < 1.29 is 23.8 Å². The van der Waals surface area contributed by atoms with Gasteiger partial charge in [-0.15, -0.1) is 0 Å². The van der Waals surface area contributed by atoms with Crippen molar-refractivity contribution >= 4 is 34.7 Å². The summed E-state index contributed by atoms with van der Waals surface area (Å²) in [6.07, 6.45) is -0.147. The molecule has 2 aliphatic rings. The number of amides is 2. The van der Waals surface area contributed by atoms with E-state index in [4.69, 9.17) is 25.8 Å². The first-order valence-corrected chi connectivity index (χ1v) is 10.7. The number of morpholine rings is 1. The van der Waals surface area contributed by atoms with E-state index < -0.39 is 5.91 Å². The fraction of sp³-hybridized carbons (Fsp3) is 0.333. The number of imide groups is 1. The Hall–Kier alpha value is -3.03. The number of hydrogen-bond acceptors (Lipinski definition) is 6. The van der Waals surface area contributed by atoms with Gasteiger partial charge in [0.15, 0.2) is 0 Å². The SMILES string of the molecule is COc1ccc(C2=C(N3CC(C)OC(C)C3)C(=O)N(c3ccc(OC)c(Cl)c3)C2=O)cc1. The van der Waals surface area contributed by atoms with Gasteiger partial charge in [-0.3, -0.25) is 9.59 Å². The van der Waals surface area contributed by atoms with Crippen molar-refractivity contribution in [3.63, 3.8) is 0 Å². The van der Waals surface area contributed by atoms with Crippen molar-refractivity contribution in [2.24, 2.45) is 0 Å². The lowest BCUT2D eigenvalue weighted by atomic mass is 10.0. The Morgan fingerprint density at radius 3 is 2.16 bits per heavy atom. The molecule has 0 radical (unpaired) electrons. The molecule has 2 aliphatic heterocycles. The van der Waals surface area contributed by atoms with Crippen LogP contribution in [0.4, 0.5) is 5.69 Å². The second-order valence-corrected chi connectivity index (χ2v) is 8.29. The number of carbonyl (C=O) groups excluding carboxylic acids is 2. The summed E-state index contributed by atoms with van der Waals surface area (Å²) in [6.45, 7) is 4.93. The normalized spacial score (nSPS) is 21.4. The molecular weight excluding hydrogens is 432 g/mol. The molecule has 168 valence electrons. The van der Waals surface area contributed by atoms with Crippen LogP contribution in [0.15, 0.2) is 48.2 Å². The molecule has 1 saturated heterocycles. The quantitative estimate of drug-likeness (QED) is 0.638. The molecule has 0 N–H and O–H groups in total. The highest BCUT2D eigenvalue weighted by Crippen LogP contribution is 2.38. The van der Waals surface area contributed by atoms with E-state index in [9.17, 15) is 9.59 Å². The molecule has 0 aliphatic carbocycles. The Balaban J connectivity index is 1.81. The summed E-state index contributed by atoms with van der Waals surface area (Å²) in [4.78, 5) is 30.4. The van der Waals surface area contributed by atoms with Crippen LogP contribution in [0.25, 0.3) is 5.57 Å². The molecule has 4 rings (SSSR count). The van der Waals surface area contributed by atoms with Crippen LogP contribution in [0.5, 0.6) is 11.5 Å². The van der Waals surface area contributed by atoms with Crippen molar-refractivity contribution in [1.82, 2.24) is 4.90 Å². The lowest BCUT2D eigenvalue weighted by Gasteiger charge is -2.37. The molecule has 0 bridgehead atoms. The third-order valence-electron chi connectivity index (χ3n) is 5.57. The highest BCUT2D eigenvalue weighted by atomic mass is 35.5. The fourth-order valence-electron chi connectivity index (χ4n) is 4.22. The van der Waals surface area contributed by atoms with E-state index >= 15 is 0 Å². The van der Waals surface area contributed by atoms with E-state index in [2.05, 4.69) is 0 Å². The van der Waals surface area contributed by atoms with Crippen LogP contribution in [0.3, 0.4) is 0 Å². The summed E-state index contributed by atoms with van der Waals surface area (Å²) in [5.41, 5.74) is 1.76. The van der Waals surface area contributed by atoms with Crippen LogP contribution in [0.2, 0.25) is 5.02 Å². The van der Waals surface area contributed by atoms with Crippen molar-refractivity contribution in [1.29, 1.82) is 0 Å². The summed E-state index contributed by atoms with van der Waals surface area (Å²) in [7, 11) is 3.09. The molecule has 8 heteroatoms. The second-order valence-electron chi connectivity index (χ2n) is 7.88. The second kappa shape index (κ2) is 8.84. The van der Waals surface area contributed by atoms with Gasteiger partial charge in [0.05, 0.1) is 42.7 Å². The van der Waals surface area contributed by atoms with Crippen LogP contribution in [-0.4, -0.2) is 56.2 Å². The van der Waals surface area contributed by atoms with Gasteiger partial charge < -0.3 is 19.1 Å². The van der Waals surface area contributed by atoms with E-state index in [-0.39, 0.29) is 18.1 Å². The fourth-order valence-corrected chi connectivity index (χ4v) is 4.47. The summed E-state index contributed by atoms with van der Waals surface area (Å²) < 4.78 is 16.3. The van der Waals surface area contributed by atoms with Crippen LogP contribution in [-0.2, 0) is 14.3 Å². The molecule has 7 nitrogen and oxygen atoms in total. The zero-order valence-electron chi connectivity index (χ0n) is 18.4. The molecule has 2 heterocycles. The Morgan fingerprint density at radius 2 is 1.59 bits per heavy atom. The number of methoxy groups -OCH3 is 2. The van der Waals surface area contributed by atoms with Gasteiger partial charge >= 0.3 is 0 Å². The first-order valence-electron chi connectivity index (χ1n) is 10.4. The highest BCUT2D eigenvalue weighted by molar-refractivity contribution is 6.45. The first kappa shape index (κ1) is 22.2. The number of benzene rings is 2. The van der Waals surface area contributed by atoms with E-state index in [1.165, 1.54) is 12.0 Å². The number of halogens is 1. The van der Waals surface area contributed by atoms with Crippen LogP contribution < -0.4 is 14.4 Å². The maximum atomic E-state index is 13.7. The van der Waals surface area contributed by atoms with Crippen LogP contribution in [0.1, 0.15) is 19.4 Å². The Labute approximate surface area is 192 Å². The largest absolute Gasteiger partial charge is 0.497 e. The van der Waals surface area contributed by atoms with Crippen molar-refractivity contribution in [2.75, 3.05) is 32.2 Å². The lowest BCUT2D eigenvalue weighted by Crippen LogP contribution is -2.47. The van der Waals surface area contributed by atoms with Gasteiger partial charge in [0, 0.05) is 13.1 Å². The number of anilines is 1. The summed E-state index contributed by atoms with van der Waals surface area (Å²) in [6, 6.07) is 12.0. The van der Waals surface area contributed by atoms with Gasteiger partial charge in [-0.25, -0.2) is 4.90 Å². The van der Waals surface area contributed by atoms with Crippen LogP contribution >= 0.6 is 11.6 Å². The predicted molar refractivity (Wildman–Crippen MR) is 122 cm³/mol. The van der Waals surface area contributed by atoms with E-state index in [0.717, 1.165) is 0 Å². The number of carbonyl (C=O) groups is 2. The molecule has 0 spiro atoms. The van der Waals surface area contributed by atoms with Crippen molar-refractivity contribution in [2.45, 2.75) is 26.1 Å². The molecule has 2 aromatic carbocycles. The average Bonchev–Trinajstić information content (AvgIpc) is 3.03. The molecule has 2 aromatic rings. The van der Waals surface area contributed by atoms with Gasteiger partial charge in [0.2, 0.25) is 0 Å². The molecule has 0 saturated carbocycles. The van der Waals surface area contributed by atoms with E-state index in [1.54, 1.807) is 49.6 Å². The molecule has 2 amide bonds. The first-order chi connectivity index (χ1) is 15.3. The van der Waals surface area contributed by atoms with Crippen LogP contribution in [0, 0.1) is 0 Å². The third-order valence-corrected chi connectivity index (χ3v) is 5.86. The third kappa shape index (κ3) is 3.94. The smallest absolute Gasteiger partial charge is 0.282 e. The Bertz CT molecular complexity index is 1070. The zero-order valence-corrected chi connectivity index (χ0v) is 19.2. The van der Waals surface area contributed by atoms with Gasteiger partial charge in [0.25, 0.3) is 11.8 Å².